The van der Waals surface area contributed by atoms with Gasteiger partial charge in [0.05, 0.1) is 13.7 Å². The van der Waals surface area contributed by atoms with Crippen LogP contribution in [0.3, 0.4) is 0 Å². The highest BCUT2D eigenvalue weighted by atomic mass is 16.5. The predicted octanol–water partition coefficient (Wildman–Crippen LogP) is 2.10. The first-order valence-corrected chi connectivity index (χ1v) is 7.18. The zero-order valence-electron chi connectivity index (χ0n) is 12.0. The van der Waals surface area contributed by atoms with E-state index in [4.69, 9.17) is 4.42 Å². The molecule has 1 aliphatic carbocycles. The first-order chi connectivity index (χ1) is 9.69. The molecular formula is C15H23NO4. The molecule has 0 aromatic carbocycles. The number of aliphatic hydroxyl groups is 1. The number of hydrogen-bond donors (Lipinski definition) is 2. The molecule has 1 saturated carbocycles. The van der Waals surface area contributed by atoms with E-state index in [0.717, 1.165) is 19.4 Å². The van der Waals surface area contributed by atoms with Crippen molar-refractivity contribution >= 4 is 5.97 Å². The Morgan fingerprint density at radius 3 is 2.80 bits per heavy atom. The molecule has 1 aliphatic rings. The summed E-state index contributed by atoms with van der Waals surface area (Å²) in [7, 11) is 1.33. The van der Waals surface area contributed by atoms with Gasteiger partial charge >= 0.3 is 5.97 Å². The number of aliphatic hydroxyl groups excluding tert-OH is 1. The van der Waals surface area contributed by atoms with E-state index in [1.54, 1.807) is 12.1 Å². The molecule has 0 spiro atoms. The third kappa shape index (κ3) is 3.61. The second kappa shape index (κ2) is 6.90. The van der Waals surface area contributed by atoms with Crippen LogP contribution >= 0.6 is 0 Å². The molecule has 1 heterocycles. The van der Waals surface area contributed by atoms with E-state index in [2.05, 4.69) is 10.1 Å². The summed E-state index contributed by atoms with van der Waals surface area (Å²) in [5, 5.41) is 13.0. The Morgan fingerprint density at radius 1 is 1.40 bits per heavy atom. The molecule has 0 atom stereocenters. The van der Waals surface area contributed by atoms with Gasteiger partial charge in [0.2, 0.25) is 5.76 Å². The van der Waals surface area contributed by atoms with Crippen molar-refractivity contribution in [3.8, 4) is 0 Å². The molecule has 112 valence electrons. The van der Waals surface area contributed by atoms with Crippen LogP contribution in [-0.2, 0) is 11.3 Å². The SMILES string of the molecule is COC(=O)c1ccc(CNCC2(CO)CCCCC2)o1. The van der Waals surface area contributed by atoms with Gasteiger partial charge in [-0.15, -0.1) is 0 Å². The maximum Gasteiger partial charge on any atom is 0.373 e. The number of esters is 1. The monoisotopic (exact) mass is 281 g/mol. The van der Waals surface area contributed by atoms with E-state index in [1.807, 2.05) is 0 Å². The largest absolute Gasteiger partial charge is 0.463 e. The lowest BCUT2D eigenvalue weighted by Gasteiger charge is -2.35. The van der Waals surface area contributed by atoms with Crippen molar-refractivity contribution in [2.45, 2.75) is 38.6 Å². The summed E-state index contributed by atoms with van der Waals surface area (Å²) in [6.45, 7) is 1.56. The first kappa shape index (κ1) is 15.1. The van der Waals surface area contributed by atoms with Crippen LogP contribution in [-0.4, -0.2) is 31.3 Å². The van der Waals surface area contributed by atoms with Gasteiger partial charge in [0.1, 0.15) is 5.76 Å². The van der Waals surface area contributed by atoms with Crippen LogP contribution in [0.1, 0.15) is 48.4 Å². The van der Waals surface area contributed by atoms with Gasteiger partial charge in [-0.25, -0.2) is 4.79 Å². The third-order valence-electron chi connectivity index (χ3n) is 4.10. The molecule has 0 unspecified atom stereocenters. The molecule has 5 heteroatoms. The van der Waals surface area contributed by atoms with Crippen molar-refractivity contribution < 1.29 is 19.1 Å². The van der Waals surface area contributed by atoms with Gasteiger partial charge in [0.15, 0.2) is 0 Å². The van der Waals surface area contributed by atoms with E-state index in [1.165, 1.54) is 26.4 Å². The molecule has 20 heavy (non-hydrogen) atoms. The van der Waals surface area contributed by atoms with Gasteiger partial charge in [-0.3, -0.25) is 0 Å². The lowest BCUT2D eigenvalue weighted by atomic mass is 9.74. The van der Waals surface area contributed by atoms with E-state index in [0.29, 0.717) is 12.3 Å². The van der Waals surface area contributed by atoms with Crippen LogP contribution in [0.4, 0.5) is 0 Å². The fourth-order valence-electron chi connectivity index (χ4n) is 2.83. The standard InChI is InChI=1S/C15H23NO4/c1-19-14(18)13-6-5-12(20-13)9-16-10-15(11-17)7-3-2-4-8-15/h5-6,16-17H,2-4,7-11H2,1H3. The highest BCUT2D eigenvalue weighted by molar-refractivity contribution is 5.86. The zero-order valence-corrected chi connectivity index (χ0v) is 12.0. The number of hydrogen-bond acceptors (Lipinski definition) is 5. The number of nitrogens with one attached hydrogen (secondary N) is 1. The Bertz CT molecular complexity index is 435. The fourth-order valence-corrected chi connectivity index (χ4v) is 2.83. The Morgan fingerprint density at radius 2 is 2.15 bits per heavy atom. The summed E-state index contributed by atoms with van der Waals surface area (Å²) >= 11 is 0. The number of methoxy groups -OCH3 is 1. The van der Waals surface area contributed by atoms with Gasteiger partial charge in [-0.2, -0.15) is 0 Å². The maximum absolute atomic E-state index is 11.3. The first-order valence-electron chi connectivity index (χ1n) is 7.18. The summed E-state index contributed by atoms with van der Waals surface area (Å²) in [6.07, 6.45) is 5.79. The molecule has 0 radical (unpaired) electrons. The number of rotatable bonds is 6. The number of ether oxygens (including phenoxy) is 1. The van der Waals surface area contributed by atoms with Crippen LogP contribution in [0.5, 0.6) is 0 Å². The summed E-state index contributed by atoms with van der Waals surface area (Å²) in [5.74, 6) is 0.462. The smallest absolute Gasteiger partial charge is 0.373 e. The molecular weight excluding hydrogens is 258 g/mol. The van der Waals surface area contributed by atoms with E-state index < -0.39 is 5.97 Å². The minimum absolute atomic E-state index is 0.00994. The summed E-state index contributed by atoms with van der Waals surface area (Å²) in [5.41, 5.74) is 0.00994. The zero-order chi connectivity index (χ0) is 14.4. The quantitative estimate of drug-likeness (QED) is 0.781. The van der Waals surface area contributed by atoms with Crippen LogP contribution in [0.25, 0.3) is 0 Å². The van der Waals surface area contributed by atoms with Gasteiger partial charge < -0.3 is 19.6 Å². The third-order valence-corrected chi connectivity index (χ3v) is 4.10. The molecule has 5 nitrogen and oxygen atoms in total. The second-order valence-corrected chi connectivity index (χ2v) is 5.58. The highest BCUT2D eigenvalue weighted by Gasteiger charge is 2.30. The average molecular weight is 281 g/mol. The molecule has 2 rings (SSSR count). The normalized spacial score (nSPS) is 17.9. The minimum Gasteiger partial charge on any atom is -0.463 e. The fraction of sp³-hybridized carbons (Fsp3) is 0.667. The molecule has 0 bridgehead atoms. The summed E-state index contributed by atoms with van der Waals surface area (Å²) in [4.78, 5) is 11.3. The van der Waals surface area contributed by atoms with E-state index >= 15 is 0 Å². The van der Waals surface area contributed by atoms with Crippen molar-refractivity contribution in [1.82, 2.24) is 5.32 Å². The van der Waals surface area contributed by atoms with Gasteiger partial charge in [0, 0.05) is 18.6 Å². The number of carbonyl (C=O) groups is 1. The molecule has 2 N–H and O–H groups in total. The van der Waals surface area contributed by atoms with Crippen molar-refractivity contribution in [2.75, 3.05) is 20.3 Å². The number of carbonyl (C=O) groups excluding carboxylic acids is 1. The highest BCUT2D eigenvalue weighted by Crippen LogP contribution is 2.35. The van der Waals surface area contributed by atoms with Gasteiger partial charge in [-0.1, -0.05) is 19.3 Å². The molecule has 1 fully saturated rings. The average Bonchev–Trinajstić information content (AvgIpc) is 2.96. The van der Waals surface area contributed by atoms with Crippen molar-refractivity contribution in [3.63, 3.8) is 0 Å². The van der Waals surface area contributed by atoms with Crippen LogP contribution in [0.15, 0.2) is 16.5 Å². The van der Waals surface area contributed by atoms with E-state index in [9.17, 15) is 9.90 Å². The Labute approximate surface area is 119 Å². The van der Waals surface area contributed by atoms with Crippen molar-refractivity contribution in [3.05, 3.63) is 23.7 Å². The molecule has 1 aromatic heterocycles. The molecule has 1 aromatic rings. The van der Waals surface area contributed by atoms with Gasteiger partial charge in [-0.05, 0) is 25.0 Å². The van der Waals surface area contributed by atoms with Crippen molar-refractivity contribution in [2.24, 2.45) is 5.41 Å². The van der Waals surface area contributed by atoms with Crippen LogP contribution < -0.4 is 5.32 Å². The lowest BCUT2D eigenvalue weighted by molar-refractivity contribution is 0.0562. The molecule has 0 saturated heterocycles. The van der Waals surface area contributed by atoms with Crippen molar-refractivity contribution in [1.29, 1.82) is 0 Å². The molecule has 0 amide bonds. The number of furan rings is 1. The predicted molar refractivity (Wildman–Crippen MR) is 74.4 cm³/mol. The minimum atomic E-state index is -0.463. The summed E-state index contributed by atoms with van der Waals surface area (Å²) < 4.78 is 9.99. The Kier molecular flexibility index (Phi) is 5.20. The maximum atomic E-state index is 11.3. The lowest BCUT2D eigenvalue weighted by Crippen LogP contribution is -2.38. The molecule has 0 aliphatic heterocycles. The topological polar surface area (TPSA) is 71.7 Å². The van der Waals surface area contributed by atoms with Gasteiger partial charge in [0.25, 0.3) is 0 Å². The van der Waals surface area contributed by atoms with E-state index in [-0.39, 0.29) is 17.8 Å². The van der Waals surface area contributed by atoms with Crippen LogP contribution in [0.2, 0.25) is 0 Å². The second-order valence-electron chi connectivity index (χ2n) is 5.58. The Balaban J connectivity index is 1.82. The Hall–Kier alpha value is -1.33. The van der Waals surface area contributed by atoms with Crippen LogP contribution in [0, 0.1) is 5.41 Å². The summed E-state index contributed by atoms with van der Waals surface area (Å²) in [6, 6.07) is 3.39.